The van der Waals surface area contributed by atoms with Gasteiger partial charge in [0.2, 0.25) is 0 Å². The molecule has 4 aliphatic carbocycles. The monoisotopic (exact) mass is 336 g/mol. The molecule has 0 amide bonds. The van der Waals surface area contributed by atoms with Gasteiger partial charge in [0.05, 0.1) is 25.6 Å². The minimum atomic E-state index is 0.301. The minimum Gasteiger partial charge on any atom is -0.371 e. The quantitative estimate of drug-likeness (QED) is 0.765. The first kappa shape index (κ1) is 15.6. The molecule has 4 aliphatic rings. The van der Waals surface area contributed by atoms with Gasteiger partial charge in [0, 0.05) is 12.4 Å². The third kappa shape index (κ3) is 3.03. The number of hydrogen-bond donors (Lipinski definition) is 0. The summed E-state index contributed by atoms with van der Waals surface area (Å²) in [4.78, 5) is 4.25. The van der Waals surface area contributed by atoms with Crippen molar-refractivity contribution in [2.24, 2.45) is 23.2 Å². The van der Waals surface area contributed by atoms with Crippen molar-refractivity contribution in [2.75, 3.05) is 0 Å². The summed E-state index contributed by atoms with van der Waals surface area (Å²) in [5.74, 6) is 2.87. The maximum absolute atomic E-state index is 6.64. The van der Waals surface area contributed by atoms with Gasteiger partial charge in [-0.2, -0.15) is 0 Å². The van der Waals surface area contributed by atoms with Crippen LogP contribution < -0.4 is 0 Å². The van der Waals surface area contributed by atoms with Crippen LogP contribution in [0.2, 0.25) is 0 Å². The standard InChI is InChI=1S/C22H28N2O/c1-2-4-17(5-3-1)15-25-21(14-24-7-6-23-16-24)22-11-18-8-19(12-22)10-20(9-18)13-22/h1-7,16,18-21H,8-15H2. The number of imidazole rings is 1. The zero-order valence-corrected chi connectivity index (χ0v) is 14.9. The van der Waals surface area contributed by atoms with E-state index in [1.165, 1.54) is 44.1 Å². The highest BCUT2D eigenvalue weighted by Crippen LogP contribution is 2.62. The highest BCUT2D eigenvalue weighted by atomic mass is 16.5. The van der Waals surface area contributed by atoms with Crippen molar-refractivity contribution >= 4 is 0 Å². The molecule has 1 unspecified atom stereocenters. The normalized spacial score (nSPS) is 34.3. The van der Waals surface area contributed by atoms with Gasteiger partial charge >= 0.3 is 0 Å². The van der Waals surface area contributed by atoms with Crippen molar-refractivity contribution in [2.45, 2.75) is 57.8 Å². The number of hydrogen-bond acceptors (Lipinski definition) is 2. The molecule has 0 aliphatic heterocycles. The molecule has 25 heavy (non-hydrogen) atoms. The number of nitrogens with zero attached hydrogens (tertiary/aromatic N) is 2. The van der Waals surface area contributed by atoms with Crippen LogP contribution in [0.1, 0.15) is 44.1 Å². The summed E-state index contributed by atoms with van der Waals surface area (Å²) in [6.07, 6.45) is 14.8. The van der Waals surface area contributed by atoms with E-state index in [0.717, 1.165) is 30.9 Å². The fraction of sp³-hybridized carbons (Fsp3) is 0.591. The third-order valence-electron chi connectivity index (χ3n) is 7.00. The lowest BCUT2D eigenvalue weighted by atomic mass is 9.48. The van der Waals surface area contributed by atoms with Crippen LogP contribution in [-0.2, 0) is 17.9 Å². The maximum Gasteiger partial charge on any atom is 0.0946 e. The van der Waals surface area contributed by atoms with E-state index in [-0.39, 0.29) is 0 Å². The van der Waals surface area contributed by atoms with Crippen LogP contribution in [0, 0.1) is 23.2 Å². The van der Waals surface area contributed by atoms with Crippen LogP contribution in [0.15, 0.2) is 49.1 Å². The summed E-state index contributed by atoms with van der Waals surface area (Å²) in [5.41, 5.74) is 1.68. The van der Waals surface area contributed by atoms with E-state index in [2.05, 4.69) is 46.1 Å². The summed E-state index contributed by atoms with van der Waals surface area (Å²) in [6.45, 7) is 1.67. The summed E-state index contributed by atoms with van der Waals surface area (Å²) in [5, 5.41) is 0. The van der Waals surface area contributed by atoms with Crippen molar-refractivity contribution in [3.8, 4) is 0 Å². The van der Waals surface area contributed by atoms with Crippen LogP contribution in [0.5, 0.6) is 0 Å². The predicted octanol–water partition coefficient (Wildman–Crippen LogP) is 4.68. The van der Waals surface area contributed by atoms with Crippen molar-refractivity contribution in [3.63, 3.8) is 0 Å². The average Bonchev–Trinajstić information content (AvgIpc) is 3.11. The van der Waals surface area contributed by atoms with E-state index in [9.17, 15) is 0 Å². The minimum absolute atomic E-state index is 0.301. The molecule has 1 aromatic carbocycles. The Labute approximate surface area is 150 Å². The highest BCUT2D eigenvalue weighted by Gasteiger charge is 2.54. The summed E-state index contributed by atoms with van der Waals surface area (Å²) in [6, 6.07) is 10.6. The molecular formula is C22H28N2O. The molecule has 4 bridgehead atoms. The molecule has 1 heterocycles. The molecular weight excluding hydrogens is 308 g/mol. The van der Waals surface area contributed by atoms with E-state index >= 15 is 0 Å². The molecule has 4 saturated carbocycles. The van der Waals surface area contributed by atoms with E-state index in [1.807, 2.05) is 12.5 Å². The average molecular weight is 336 g/mol. The van der Waals surface area contributed by atoms with E-state index in [1.54, 1.807) is 0 Å². The zero-order chi connectivity index (χ0) is 16.7. The van der Waals surface area contributed by atoms with Crippen molar-refractivity contribution in [1.82, 2.24) is 9.55 Å². The first-order valence-corrected chi connectivity index (χ1v) is 9.90. The summed E-state index contributed by atoms with van der Waals surface area (Å²) in [7, 11) is 0. The molecule has 132 valence electrons. The molecule has 6 rings (SSSR count). The van der Waals surface area contributed by atoms with Gasteiger partial charge in [0.15, 0.2) is 0 Å². The number of ether oxygens (including phenoxy) is 1. The van der Waals surface area contributed by atoms with Crippen molar-refractivity contribution in [1.29, 1.82) is 0 Å². The van der Waals surface area contributed by atoms with E-state index < -0.39 is 0 Å². The van der Waals surface area contributed by atoms with Gasteiger partial charge in [0.25, 0.3) is 0 Å². The second-order valence-corrected chi connectivity index (χ2v) is 8.82. The maximum atomic E-state index is 6.64. The predicted molar refractivity (Wildman–Crippen MR) is 97.9 cm³/mol. The SMILES string of the molecule is c1ccc(COC(Cn2ccnc2)C23CC4CC(CC(C4)C2)C3)cc1. The molecule has 2 aromatic rings. The Balaban J connectivity index is 1.39. The Morgan fingerprint density at radius 2 is 1.72 bits per heavy atom. The Morgan fingerprint density at radius 1 is 1.04 bits per heavy atom. The first-order chi connectivity index (χ1) is 12.3. The van der Waals surface area contributed by atoms with Crippen molar-refractivity contribution < 1.29 is 4.74 Å². The van der Waals surface area contributed by atoms with E-state index in [4.69, 9.17) is 4.74 Å². The Hall–Kier alpha value is -1.61. The van der Waals surface area contributed by atoms with Gasteiger partial charge < -0.3 is 9.30 Å². The topological polar surface area (TPSA) is 27.1 Å². The number of rotatable bonds is 6. The molecule has 4 fully saturated rings. The fourth-order valence-electron chi connectivity index (χ4n) is 6.35. The van der Waals surface area contributed by atoms with Crippen LogP contribution >= 0.6 is 0 Å². The molecule has 0 saturated heterocycles. The van der Waals surface area contributed by atoms with E-state index in [0.29, 0.717) is 11.5 Å². The van der Waals surface area contributed by atoms with Crippen LogP contribution in [0.25, 0.3) is 0 Å². The molecule has 1 atom stereocenters. The molecule has 3 heteroatoms. The third-order valence-corrected chi connectivity index (χ3v) is 7.00. The van der Waals surface area contributed by atoms with Gasteiger partial charge in [-0.25, -0.2) is 4.98 Å². The highest BCUT2D eigenvalue weighted by molar-refractivity contribution is 5.14. The molecule has 1 aromatic heterocycles. The Morgan fingerprint density at radius 3 is 2.32 bits per heavy atom. The Kier molecular flexibility index (Phi) is 3.93. The van der Waals surface area contributed by atoms with Crippen LogP contribution in [0.4, 0.5) is 0 Å². The lowest BCUT2D eigenvalue weighted by molar-refractivity contribution is -0.151. The van der Waals surface area contributed by atoms with Gasteiger partial charge in [0.1, 0.15) is 0 Å². The second-order valence-electron chi connectivity index (χ2n) is 8.82. The van der Waals surface area contributed by atoms with Gasteiger partial charge in [-0.15, -0.1) is 0 Å². The molecule has 3 nitrogen and oxygen atoms in total. The lowest BCUT2D eigenvalue weighted by Gasteiger charge is -2.59. The molecule has 0 radical (unpaired) electrons. The number of aromatic nitrogens is 2. The second kappa shape index (κ2) is 6.28. The van der Waals surface area contributed by atoms with Crippen LogP contribution in [-0.4, -0.2) is 15.7 Å². The van der Waals surface area contributed by atoms with Crippen molar-refractivity contribution in [3.05, 3.63) is 54.6 Å². The van der Waals surface area contributed by atoms with Gasteiger partial charge in [-0.05, 0) is 67.3 Å². The number of benzene rings is 1. The zero-order valence-electron chi connectivity index (χ0n) is 14.9. The molecule has 0 N–H and O–H groups in total. The fourth-order valence-corrected chi connectivity index (χ4v) is 6.35. The lowest BCUT2D eigenvalue weighted by Crippen LogP contribution is -2.53. The van der Waals surface area contributed by atoms with Gasteiger partial charge in [-0.1, -0.05) is 30.3 Å². The summed E-state index contributed by atoms with van der Waals surface area (Å²) < 4.78 is 8.85. The van der Waals surface area contributed by atoms with Crippen LogP contribution in [0.3, 0.4) is 0 Å². The first-order valence-electron chi connectivity index (χ1n) is 9.90. The largest absolute Gasteiger partial charge is 0.371 e. The van der Waals surface area contributed by atoms with Gasteiger partial charge in [-0.3, -0.25) is 0 Å². The molecule has 0 spiro atoms. The smallest absolute Gasteiger partial charge is 0.0946 e. The Bertz CT molecular complexity index is 659. The summed E-state index contributed by atoms with van der Waals surface area (Å²) >= 11 is 0.